The number of aliphatic hydroxyl groups excluding tert-OH is 1. The Balaban J connectivity index is 2.38. The Morgan fingerprint density at radius 1 is 0.947 bits per heavy atom. The van der Waals surface area contributed by atoms with Crippen LogP contribution in [0.3, 0.4) is 0 Å². The standard InChI is InChI=1S/C14H11F3O2/c1-19-13-3-2-8(6-12(13)17)14(18)9-4-10(15)7-11(16)5-9/h2-7,14,18H,1H3. The summed E-state index contributed by atoms with van der Waals surface area (Å²) in [6.07, 6.45) is -1.31. The number of ether oxygens (including phenoxy) is 1. The van der Waals surface area contributed by atoms with Crippen LogP contribution in [0.25, 0.3) is 0 Å². The average molecular weight is 268 g/mol. The zero-order chi connectivity index (χ0) is 14.0. The van der Waals surface area contributed by atoms with Crippen LogP contribution in [-0.4, -0.2) is 12.2 Å². The molecule has 5 heteroatoms. The summed E-state index contributed by atoms with van der Waals surface area (Å²) >= 11 is 0. The van der Waals surface area contributed by atoms with Gasteiger partial charge >= 0.3 is 0 Å². The molecule has 0 radical (unpaired) electrons. The molecule has 2 aromatic carbocycles. The maximum absolute atomic E-state index is 13.5. The Kier molecular flexibility index (Phi) is 3.76. The van der Waals surface area contributed by atoms with Gasteiger partial charge in [0.05, 0.1) is 7.11 Å². The molecule has 0 bridgehead atoms. The molecule has 2 aromatic rings. The van der Waals surface area contributed by atoms with Crippen LogP contribution >= 0.6 is 0 Å². The molecule has 0 saturated carbocycles. The molecular formula is C14H11F3O2. The minimum absolute atomic E-state index is 0.0158. The summed E-state index contributed by atoms with van der Waals surface area (Å²) in [6.45, 7) is 0. The molecule has 0 saturated heterocycles. The number of aliphatic hydroxyl groups is 1. The molecule has 2 nitrogen and oxygen atoms in total. The number of rotatable bonds is 3. The molecule has 1 unspecified atom stereocenters. The zero-order valence-electron chi connectivity index (χ0n) is 10.0. The van der Waals surface area contributed by atoms with Gasteiger partial charge in [-0.05, 0) is 35.4 Å². The second kappa shape index (κ2) is 5.32. The maximum Gasteiger partial charge on any atom is 0.165 e. The Bertz CT molecular complexity index is 579. The van der Waals surface area contributed by atoms with Gasteiger partial charge in [0.2, 0.25) is 0 Å². The summed E-state index contributed by atoms with van der Waals surface area (Å²) in [6, 6.07) is 6.52. The van der Waals surface area contributed by atoms with E-state index in [1.165, 1.54) is 19.2 Å². The normalized spacial score (nSPS) is 12.3. The molecule has 2 rings (SSSR count). The molecule has 0 amide bonds. The van der Waals surface area contributed by atoms with Crippen LogP contribution in [0.4, 0.5) is 13.2 Å². The molecule has 0 fully saturated rings. The molecule has 100 valence electrons. The molecular weight excluding hydrogens is 257 g/mol. The van der Waals surface area contributed by atoms with Crippen molar-refractivity contribution < 1.29 is 23.0 Å². The summed E-state index contributed by atoms with van der Waals surface area (Å²) in [5.74, 6) is -2.23. The SMILES string of the molecule is COc1ccc(C(O)c2cc(F)cc(F)c2)cc1F. The van der Waals surface area contributed by atoms with E-state index in [9.17, 15) is 18.3 Å². The maximum atomic E-state index is 13.5. The Labute approximate surface area is 108 Å². The van der Waals surface area contributed by atoms with Crippen LogP contribution in [0.5, 0.6) is 5.75 Å². The van der Waals surface area contributed by atoms with Crippen molar-refractivity contribution in [3.63, 3.8) is 0 Å². The lowest BCUT2D eigenvalue weighted by atomic mass is 10.0. The van der Waals surface area contributed by atoms with Crippen LogP contribution < -0.4 is 4.74 Å². The van der Waals surface area contributed by atoms with Crippen LogP contribution in [0.1, 0.15) is 17.2 Å². The van der Waals surface area contributed by atoms with Gasteiger partial charge in [-0.15, -0.1) is 0 Å². The second-order valence-electron chi connectivity index (χ2n) is 4.00. The third-order valence-corrected chi connectivity index (χ3v) is 2.69. The fourth-order valence-electron chi connectivity index (χ4n) is 1.78. The van der Waals surface area contributed by atoms with E-state index in [-0.39, 0.29) is 16.9 Å². The predicted octanol–water partition coefficient (Wildman–Crippen LogP) is 3.19. The highest BCUT2D eigenvalue weighted by Gasteiger charge is 2.15. The zero-order valence-corrected chi connectivity index (χ0v) is 10.0. The molecule has 1 N–H and O–H groups in total. The highest BCUT2D eigenvalue weighted by Crippen LogP contribution is 2.27. The minimum atomic E-state index is -1.31. The van der Waals surface area contributed by atoms with E-state index < -0.39 is 23.6 Å². The fraction of sp³-hybridized carbons (Fsp3) is 0.143. The van der Waals surface area contributed by atoms with Crippen molar-refractivity contribution in [2.24, 2.45) is 0 Å². The van der Waals surface area contributed by atoms with Gasteiger partial charge in [0.1, 0.15) is 17.7 Å². The molecule has 1 atom stereocenters. The van der Waals surface area contributed by atoms with Crippen LogP contribution in [0.15, 0.2) is 36.4 Å². The number of halogens is 3. The summed E-state index contributed by atoms with van der Waals surface area (Å²) in [5.41, 5.74) is 0.199. The summed E-state index contributed by atoms with van der Waals surface area (Å²) < 4.78 is 44.4. The number of hydrogen-bond donors (Lipinski definition) is 1. The van der Waals surface area contributed by atoms with E-state index in [1.54, 1.807) is 0 Å². The topological polar surface area (TPSA) is 29.5 Å². The van der Waals surface area contributed by atoms with E-state index in [4.69, 9.17) is 4.74 Å². The van der Waals surface area contributed by atoms with Crippen molar-refractivity contribution in [3.8, 4) is 5.75 Å². The second-order valence-corrected chi connectivity index (χ2v) is 4.00. The van der Waals surface area contributed by atoms with Gasteiger partial charge in [0, 0.05) is 6.07 Å². The fourth-order valence-corrected chi connectivity index (χ4v) is 1.78. The summed E-state index contributed by atoms with van der Waals surface area (Å²) in [4.78, 5) is 0. The van der Waals surface area contributed by atoms with Gasteiger partial charge < -0.3 is 9.84 Å². The van der Waals surface area contributed by atoms with Crippen LogP contribution in [0, 0.1) is 17.5 Å². The van der Waals surface area contributed by atoms with E-state index in [1.807, 2.05) is 0 Å². The highest BCUT2D eigenvalue weighted by atomic mass is 19.1. The van der Waals surface area contributed by atoms with Crippen LogP contribution in [-0.2, 0) is 0 Å². The van der Waals surface area contributed by atoms with Crippen molar-refractivity contribution in [2.75, 3.05) is 7.11 Å². The van der Waals surface area contributed by atoms with Crippen molar-refractivity contribution >= 4 is 0 Å². The van der Waals surface area contributed by atoms with Gasteiger partial charge in [-0.1, -0.05) is 6.07 Å². The molecule has 0 aliphatic carbocycles. The third-order valence-electron chi connectivity index (χ3n) is 2.69. The highest BCUT2D eigenvalue weighted by molar-refractivity contribution is 5.35. The number of methoxy groups -OCH3 is 1. The van der Waals surface area contributed by atoms with E-state index >= 15 is 0 Å². The van der Waals surface area contributed by atoms with Crippen molar-refractivity contribution in [1.82, 2.24) is 0 Å². The van der Waals surface area contributed by atoms with Gasteiger partial charge in [-0.3, -0.25) is 0 Å². The molecule has 0 spiro atoms. The van der Waals surface area contributed by atoms with E-state index in [0.29, 0.717) is 6.07 Å². The quantitative estimate of drug-likeness (QED) is 0.926. The summed E-state index contributed by atoms with van der Waals surface area (Å²) in [7, 11) is 1.32. The molecule has 0 heterocycles. The monoisotopic (exact) mass is 268 g/mol. The first-order valence-corrected chi connectivity index (χ1v) is 5.48. The Morgan fingerprint density at radius 3 is 2.11 bits per heavy atom. The van der Waals surface area contributed by atoms with Gasteiger partial charge in [0.25, 0.3) is 0 Å². The van der Waals surface area contributed by atoms with Gasteiger partial charge in [-0.2, -0.15) is 0 Å². The third kappa shape index (κ3) is 2.88. The lowest BCUT2D eigenvalue weighted by Crippen LogP contribution is -2.02. The first-order chi connectivity index (χ1) is 9.01. The van der Waals surface area contributed by atoms with Gasteiger partial charge in [0.15, 0.2) is 11.6 Å². The molecule has 0 aliphatic heterocycles. The predicted molar refractivity (Wildman–Crippen MR) is 63.4 cm³/mol. The lowest BCUT2D eigenvalue weighted by Gasteiger charge is -2.13. The van der Waals surface area contributed by atoms with Crippen molar-refractivity contribution in [3.05, 3.63) is 65.0 Å². The molecule has 0 aliphatic rings. The number of hydrogen-bond acceptors (Lipinski definition) is 2. The average Bonchev–Trinajstić information content (AvgIpc) is 2.36. The van der Waals surface area contributed by atoms with Crippen molar-refractivity contribution in [2.45, 2.75) is 6.10 Å². The Hall–Kier alpha value is -2.01. The van der Waals surface area contributed by atoms with E-state index in [2.05, 4.69) is 0 Å². The van der Waals surface area contributed by atoms with Gasteiger partial charge in [-0.25, -0.2) is 13.2 Å². The minimum Gasteiger partial charge on any atom is -0.494 e. The number of benzene rings is 2. The van der Waals surface area contributed by atoms with Crippen molar-refractivity contribution in [1.29, 1.82) is 0 Å². The molecule has 19 heavy (non-hydrogen) atoms. The van der Waals surface area contributed by atoms with Crippen LogP contribution in [0.2, 0.25) is 0 Å². The first kappa shape index (κ1) is 13.4. The largest absolute Gasteiger partial charge is 0.494 e. The smallest absolute Gasteiger partial charge is 0.165 e. The van der Waals surface area contributed by atoms with E-state index in [0.717, 1.165) is 18.2 Å². The first-order valence-electron chi connectivity index (χ1n) is 5.48. The molecule has 0 aromatic heterocycles. The lowest BCUT2D eigenvalue weighted by molar-refractivity contribution is 0.218. The Morgan fingerprint density at radius 2 is 1.58 bits per heavy atom. The summed E-state index contributed by atoms with van der Waals surface area (Å²) in [5, 5.41) is 9.99.